The van der Waals surface area contributed by atoms with E-state index in [1.165, 1.54) is 0 Å². The minimum absolute atomic E-state index is 0.0450. The van der Waals surface area contributed by atoms with Crippen molar-refractivity contribution in [1.29, 1.82) is 0 Å². The molecule has 128 valence electrons. The molecule has 0 fully saturated rings. The van der Waals surface area contributed by atoms with Crippen LogP contribution in [0.5, 0.6) is 0 Å². The molecule has 0 aliphatic heterocycles. The number of benzene rings is 1. The lowest BCUT2D eigenvalue weighted by Crippen LogP contribution is -2.35. The first-order chi connectivity index (χ1) is 10.8. The van der Waals surface area contributed by atoms with Crippen molar-refractivity contribution in [2.45, 2.75) is 38.1 Å². The molecule has 0 spiro atoms. The number of aryl methyl sites for hydroxylation is 1. The average molecular weight is 343 g/mol. The van der Waals surface area contributed by atoms with Crippen molar-refractivity contribution in [3.05, 3.63) is 35.9 Å². The number of aliphatic carboxylic acids is 2. The Morgan fingerprint density at radius 2 is 1.78 bits per heavy atom. The predicted octanol–water partition coefficient (Wildman–Crippen LogP) is 2.10. The molecule has 0 amide bonds. The monoisotopic (exact) mass is 343 g/mol. The van der Waals surface area contributed by atoms with Gasteiger partial charge in [0.15, 0.2) is 0 Å². The standard InChI is InChI=1S/C15H22NO6P/c17-14(18)10-9-13(15(19)20)16-23(21,22)11-5-4-8-12-6-2-1-3-7-12/h1-3,6-7,13H,4-5,8-11H2,(H,17,18)(H,19,20)(H2,16,21,22)/t13-/m0/s1. The first-order valence-electron chi connectivity index (χ1n) is 7.38. The van der Waals surface area contributed by atoms with Crippen LogP contribution in [0.15, 0.2) is 30.3 Å². The summed E-state index contributed by atoms with van der Waals surface area (Å²) in [7, 11) is -3.81. The van der Waals surface area contributed by atoms with E-state index in [1.807, 2.05) is 30.3 Å². The number of rotatable bonds is 11. The quantitative estimate of drug-likeness (QED) is 0.358. The van der Waals surface area contributed by atoms with Crippen molar-refractivity contribution in [1.82, 2.24) is 5.09 Å². The summed E-state index contributed by atoms with van der Waals surface area (Å²) in [6.45, 7) is 0. The van der Waals surface area contributed by atoms with Gasteiger partial charge in [0.05, 0.1) is 0 Å². The Balaban J connectivity index is 2.39. The Morgan fingerprint density at radius 3 is 2.35 bits per heavy atom. The third kappa shape index (κ3) is 8.50. The number of carboxylic acid groups (broad SMARTS) is 2. The maximum atomic E-state index is 12.0. The number of nitrogens with one attached hydrogen (secondary N) is 1. The average Bonchev–Trinajstić information content (AvgIpc) is 2.48. The van der Waals surface area contributed by atoms with Gasteiger partial charge in [-0.1, -0.05) is 30.3 Å². The molecule has 0 saturated carbocycles. The van der Waals surface area contributed by atoms with Gasteiger partial charge >= 0.3 is 11.9 Å². The van der Waals surface area contributed by atoms with Crippen LogP contribution in [0.2, 0.25) is 0 Å². The lowest BCUT2D eigenvalue weighted by atomic mass is 10.1. The third-order valence-electron chi connectivity index (χ3n) is 3.32. The molecule has 1 aromatic rings. The molecule has 0 bridgehead atoms. The van der Waals surface area contributed by atoms with Crippen molar-refractivity contribution < 1.29 is 29.3 Å². The fourth-order valence-electron chi connectivity index (χ4n) is 2.12. The summed E-state index contributed by atoms with van der Waals surface area (Å²) in [5.41, 5.74) is 1.14. The Morgan fingerprint density at radius 1 is 1.13 bits per heavy atom. The summed E-state index contributed by atoms with van der Waals surface area (Å²) < 4.78 is 12.0. The molecule has 0 aliphatic carbocycles. The van der Waals surface area contributed by atoms with Crippen LogP contribution in [0.25, 0.3) is 0 Å². The van der Waals surface area contributed by atoms with Gasteiger partial charge in [0.2, 0.25) is 0 Å². The molecule has 0 heterocycles. The van der Waals surface area contributed by atoms with Crippen molar-refractivity contribution in [3.8, 4) is 0 Å². The molecular weight excluding hydrogens is 321 g/mol. The largest absolute Gasteiger partial charge is 0.481 e. The summed E-state index contributed by atoms with van der Waals surface area (Å²) in [6, 6.07) is 8.38. The van der Waals surface area contributed by atoms with Crippen LogP contribution in [0, 0.1) is 0 Å². The number of carboxylic acids is 2. The molecule has 8 heteroatoms. The van der Waals surface area contributed by atoms with E-state index >= 15 is 0 Å². The summed E-state index contributed by atoms with van der Waals surface area (Å²) in [6.07, 6.45) is 1.31. The molecule has 23 heavy (non-hydrogen) atoms. The van der Waals surface area contributed by atoms with Crippen LogP contribution in [-0.4, -0.2) is 39.2 Å². The van der Waals surface area contributed by atoms with Gasteiger partial charge in [-0.25, -0.2) is 5.09 Å². The molecule has 7 nitrogen and oxygen atoms in total. The Labute approximate surface area is 134 Å². The topological polar surface area (TPSA) is 124 Å². The van der Waals surface area contributed by atoms with E-state index in [1.54, 1.807) is 0 Å². The van der Waals surface area contributed by atoms with Crippen LogP contribution in [0.4, 0.5) is 0 Å². The normalized spacial score (nSPS) is 14.8. The minimum Gasteiger partial charge on any atom is -0.481 e. The van der Waals surface area contributed by atoms with Crippen LogP contribution in [0.1, 0.15) is 31.2 Å². The number of carbonyl (C=O) groups is 2. The highest BCUT2D eigenvalue weighted by molar-refractivity contribution is 7.55. The fraction of sp³-hybridized carbons (Fsp3) is 0.467. The Kier molecular flexibility index (Phi) is 7.95. The van der Waals surface area contributed by atoms with Gasteiger partial charge in [-0.2, -0.15) is 0 Å². The van der Waals surface area contributed by atoms with E-state index in [0.29, 0.717) is 12.8 Å². The molecule has 4 N–H and O–H groups in total. The summed E-state index contributed by atoms with van der Waals surface area (Å²) >= 11 is 0. The zero-order valence-corrected chi connectivity index (χ0v) is 13.6. The highest BCUT2D eigenvalue weighted by Crippen LogP contribution is 2.37. The van der Waals surface area contributed by atoms with Crippen LogP contribution < -0.4 is 5.09 Å². The SMILES string of the molecule is O=C(O)CC[C@H](NP(=O)(O)CCCCc1ccccc1)C(=O)O. The van der Waals surface area contributed by atoms with Crippen LogP contribution in [-0.2, 0) is 20.6 Å². The van der Waals surface area contributed by atoms with E-state index in [4.69, 9.17) is 10.2 Å². The van der Waals surface area contributed by atoms with Crippen LogP contribution >= 0.6 is 7.52 Å². The van der Waals surface area contributed by atoms with Gasteiger partial charge in [-0.05, 0) is 31.2 Å². The lowest BCUT2D eigenvalue weighted by Gasteiger charge is -2.18. The molecule has 0 aliphatic rings. The van der Waals surface area contributed by atoms with Gasteiger partial charge in [-0.15, -0.1) is 0 Å². The summed E-state index contributed by atoms with van der Waals surface area (Å²) in [5.74, 6) is -2.47. The molecular formula is C15H22NO6P. The van der Waals surface area contributed by atoms with Gasteiger partial charge < -0.3 is 15.1 Å². The second kappa shape index (κ2) is 9.45. The zero-order valence-electron chi connectivity index (χ0n) is 12.7. The number of hydrogen-bond acceptors (Lipinski definition) is 3. The molecule has 0 saturated heterocycles. The first-order valence-corrected chi connectivity index (χ1v) is 9.23. The van der Waals surface area contributed by atoms with Crippen LogP contribution in [0.3, 0.4) is 0 Å². The van der Waals surface area contributed by atoms with Crippen molar-refractivity contribution in [3.63, 3.8) is 0 Å². The van der Waals surface area contributed by atoms with Gasteiger partial charge in [0, 0.05) is 12.6 Å². The predicted molar refractivity (Wildman–Crippen MR) is 85.5 cm³/mol. The highest BCUT2D eigenvalue weighted by atomic mass is 31.2. The van der Waals surface area contributed by atoms with Gasteiger partial charge in [0.25, 0.3) is 7.52 Å². The third-order valence-corrected chi connectivity index (χ3v) is 4.96. The Hall–Kier alpha value is -1.69. The first kappa shape index (κ1) is 19.4. The molecule has 1 unspecified atom stereocenters. The smallest absolute Gasteiger partial charge is 0.321 e. The summed E-state index contributed by atoms with van der Waals surface area (Å²) in [5, 5.41) is 19.7. The molecule has 1 aromatic carbocycles. The Bertz CT molecular complexity index is 562. The van der Waals surface area contributed by atoms with Crippen molar-refractivity contribution >= 4 is 19.5 Å². The lowest BCUT2D eigenvalue weighted by molar-refractivity contribution is -0.140. The molecule has 2 atom stereocenters. The molecule has 0 radical (unpaired) electrons. The van der Waals surface area contributed by atoms with Gasteiger partial charge in [0.1, 0.15) is 6.04 Å². The second-order valence-electron chi connectivity index (χ2n) is 5.32. The molecule has 0 aromatic heterocycles. The zero-order chi connectivity index (χ0) is 17.3. The second-order valence-corrected chi connectivity index (χ2v) is 7.43. The summed E-state index contributed by atoms with van der Waals surface area (Å²) in [4.78, 5) is 31.3. The minimum atomic E-state index is -3.81. The molecule has 1 rings (SSSR count). The van der Waals surface area contributed by atoms with Gasteiger partial charge in [-0.3, -0.25) is 14.2 Å². The number of unbranched alkanes of at least 4 members (excludes halogenated alkanes) is 1. The highest BCUT2D eigenvalue weighted by Gasteiger charge is 2.27. The van der Waals surface area contributed by atoms with Crippen molar-refractivity contribution in [2.75, 3.05) is 6.16 Å². The maximum absolute atomic E-state index is 12.0. The number of hydrogen-bond donors (Lipinski definition) is 4. The van der Waals surface area contributed by atoms with E-state index in [0.717, 1.165) is 12.0 Å². The fourth-order valence-corrected chi connectivity index (χ4v) is 3.63. The van der Waals surface area contributed by atoms with E-state index in [2.05, 4.69) is 5.09 Å². The maximum Gasteiger partial charge on any atom is 0.321 e. The van der Waals surface area contributed by atoms with E-state index in [9.17, 15) is 19.0 Å². The van der Waals surface area contributed by atoms with E-state index in [-0.39, 0.29) is 19.0 Å². The van der Waals surface area contributed by atoms with E-state index < -0.39 is 25.5 Å². The van der Waals surface area contributed by atoms with Crippen molar-refractivity contribution in [2.24, 2.45) is 0 Å².